The molecule has 0 fully saturated rings. The zero-order valence-electron chi connectivity index (χ0n) is 13.2. The highest BCUT2D eigenvalue weighted by Gasteiger charge is 2.31. The van der Waals surface area contributed by atoms with E-state index in [2.05, 4.69) is 42.1 Å². The highest BCUT2D eigenvalue weighted by molar-refractivity contribution is 6.76. The van der Waals surface area contributed by atoms with Crippen LogP contribution in [0.5, 0.6) is 0 Å². The van der Waals surface area contributed by atoms with Gasteiger partial charge in [-0.05, 0) is 17.7 Å². The van der Waals surface area contributed by atoms with Gasteiger partial charge in [0.1, 0.15) is 19.4 Å². The number of hydrogen-bond donors (Lipinski definition) is 0. The molecular weight excluding hydrogens is 290 g/mol. The van der Waals surface area contributed by atoms with Gasteiger partial charge in [-0.2, -0.15) is 0 Å². The quantitative estimate of drug-likeness (QED) is 0.668. The van der Waals surface area contributed by atoms with Crippen LogP contribution in [0.3, 0.4) is 0 Å². The predicted molar refractivity (Wildman–Crippen MR) is 91.1 cm³/mol. The Balaban J connectivity index is 1.90. The Morgan fingerprint density at radius 2 is 1.68 bits per heavy atom. The second kappa shape index (κ2) is 6.02. The van der Waals surface area contributed by atoms with E-state index >= 15 is 0 Å². The van der Waals surface area contributed by atoms with Crippen molar-refractivity contribution >= 4 is 19.1 Å². The molecule has 4 nitrogen and oxygen atoms in total. The minimum Gasteiger partial charge on any atom is -0.355 e. The van der Waals surface area contributed by atoms with Gasteiger partial charge in [0, 0.05) is 0 Å². The summed E-state index contributed by atoms with van der Waals surface area (Å²) in [4.78, 5) is 0. The lowest BCUT2D eigenvalue weighted by Crippen LogP contribution is -2.37. The van der Waals surface area contributed by atoms with Crippen LogP contribution in [0, 0.1) is 0 Å². The molecule has 0 saturated heterocycles. The molecule has 22 heavy (non-hydrogen) atoms. The average molecular weight is 311 g/mol. The summed E-state index contributed by atoms with van der Waals surface area (Å²) in [7, 11) is -1.62. The molecule has 0 spiro atoms. The van der Waals surface area contributed by atoms with Gasteiger partial charge < -0.3 is 4.74 Å². The van der Waals surface area contributed by atoms with Gasteiger partial charge in [0.25, 0.3) is 0 Å². The fraction of sp³-hybridized carbons (Fsp3) is 0.294. The van der Waals surface area contributed by atoms with Crippen molar-refractivity contribution in [2.24, 2.45) is 0 Å². The maximum Gasteiger partial charge on any atom is 0.137 e. The molecule has 0 bridgehead atoms. The minimum atomic E-state index is -1.62. The zero-order valence-corrected chi connectivity index (χ0v) is 14.2. The molecule has 114 valence electrons. The lowest BCUT2D eigenvalue weighted by Gasteiger charge is -2.29. The molecule has 0 N–H and O–H groups in total. The second-order valence-electron chi connectivity index (χ2n) is 6.54. The van der Waals surface area contributed by atoms with E-state index in [0.29, 0.717) is 6.61 Å². The van der Waals surface area contributed by atoms with Crippen LogP contribution >= 0.6 is 0 Å². The summed E-state index contributed by atoms with van der Waals surface area (Å²) in [5, 5.41) is 8.61. The number of benzene rings is 2. The number of hydrogen-bond acceptors (Lipinski definition) is 3. The van der Waals surface area contributed by atoms with Crippen molar-refractivity contribution in [2.75, 3.05) is 0 Å². The normalized spacial score (nSPS) is 13.4. The maximum absolute atomic E-state index is 6.27. The van der Waals surface area contributed by atoms with Gasteiger partial charge in [0.2, 0.25) is 0 Å². The van der Waals surface area contributed by atoms with Crippen LogP contribution < -0.4 is 0 Å². The summed E-state index contributed by atoms with van der Waals surface area (Å²) in [5.74, 6) is -0.0416. The third-order valence-electron chi connectivity index (χ3n) is 3.59. The fourth-order valence-corrected chi connectivity index (χ4v) is 4.00. The van der Waals surface area contributed by atoms with Gasteiger partial charge in [-0.25, -0.2) is 4.68 Å². The minimum absolute atomic E-state index is 0.0416. The number of fused-ring (bicyclic) bond motifs is 1. The summed E-state index contributed by atoms with van der Waals surface area (Å²) in [6, 6.07) is 18.3. The molecular formula is C17H21N3OSi. The monoisotopic (exact) mass is 311 g/mol. The van der Waals surface area contributed by atoms with Gasteiger partial charge in [-0.1, -0.05) is 67.3 Å². The van der Waals surface area contributed by atoms with E-state index in [1.165, 1.54) is 5.56 Å². The lowest BCUT2D eigenvalue weighted by molar-refractivity contribution is 0.0348. The van der Waals surface area contributed by atoms with Crippen LogP contribution in [-0.2, 0) is 11.3 Å². The first kappa shape index (κ1) is 14.9. The van der Waals surface area contributed by atoms with Crippen LogP contribution in [0.1, 0.15) is 11.4 Å². The lowest BCUT2D eigenvalue weighted by atomic mass is 10.2. The van der Waals surface area contributed by atoms with E-state index < -0.39 is 8.07 Å². The SMILES string of the molecule is C[Si](C)(C)C(OCc1ccccc1)n1nnc2ccccc21. The molecule has 0 aliphatic rings. The highest BCUT2D eigenvalue weighted by Crippen LogP contribution is 2.26. The number of para-hydroxylation sites is 1. The predicted octanol–water partition coefficient (Wildman–Crippen LogP) is 4.02. The molecule has 0 amide bonds. The van der Waals surface area contributed by atoms with Crippen molar-refractivity contribution in [3.63, 3.8) is 0 Å². The molecule has 2 aromatic carbocycles. The first-order chi connectivity index (χ1) is 10.6. The van der Waals surface area contributed by atoms with Gasteiger partial charge in [-0.15, -0.1) is 5.10 Å². The van der Waals surface area contributed by atoms with Crippen molar-refractivity contribution in [1.82, 2.24) is 15.0 Å². The molecule has 0 aliphatic heterocycles. The molecule has 1 heterocycles. The summed E-state index contributed by atoms with van der Waals surface area (Å²) < 4.78 is 8.22. The highest BCUT2D eigenvalue weighted by atomic mass is 28.3. The Morgan fingerprint density at radius 1 is 1.00 bits per heavy atom. The number of ether oxygens (including phenoxy) is 1. The second-order valence-corrected chi connectivity index (χ2v) is 11.8. The van der Waals surface area contributed by atoms with E-state index in [0.717, 1.165) is 11.0 Å². The molecule has 1 unspecified atom stereocenters. The first-order valence-corrected chi connectivity index (χ1v) is 11.1. The third kappa shape index (κ3) is 3.10. The Kier molecular flexibility index (Phi) is 4.09. The maximum atomic E-state index is 6.27. The van der Waals surface area contributed by atoms with E-state index in [1.54, 1.807) is 0 Å². The van der Waals surface area contributed by atoms with E-state index in [9.17, 15) is 0 Å². The van der Waals surface area contributed by atoms with Crippen molar-refractivity contribution < 1.29 is 4.74 Å². The summed E-state index contributed by atoms with van der Waals surface area (Å²) in [6.45, 7) is 7.46. The Hall–Kier alpha value is -1.98. The number of nitrogens with zero attached hydrogens (tertiary/aromatic N) is 3. The van der Waals surface area contributed by atoms with Gasteiger partial charge in [0.15, 0.2) is 0 Å². The van der Waals surface area contributed by atoms with Gasteiger partial charge >= 0.3 is 0 Å². The molecule has 1 aromatic heterocycles. The molecule has 3 aromatic rings. The van der Waals surface area contributed by atoms with Crippen LogP contribution in [0.4, 0.5) is 0 Å². The molecule has 3 rings (SSSR count). The van der Waals surface area contributed by atoms with Gasteiger partial charge in [-0.3, -0.25) is 0 Å². The molecule has 0 saturated carbocycles. The Morgan fingerprint density at radius 3 is 2.41 bits per heavy atom. The van der Waals surface area contributed by atoms with Crippen LogP contribution in [0.2, 0.25) is 19.6 Å². The molecule has 1 atom stereocenters. The van der Waals surface area contributed by atoms with Crippen LogP contribution in [-0.4, -0.2) is 23.1 Å². The van der Waals surface area contributed by atoms with E-state index in [4.69, 9.17) is 4.74 Å². The molecule has 0 radical (unpaired) electrons. The van der Waals surface area contributed by atoms with E-state index in [-0.39, 0.29) is 5.85 Å². The van der Waals surface area contributed by atoms with Gasteiger partial charge in [0.05, 0.1) is 12.1 Å². The Labute approximate surface area is 131 Å². The zero-order chi connectivity index (χ0) is 15.6. The third-order valence-corrected chi connectivity index (χ3v) is 5.48. The van der Waals surface area contributed by atoms with E-state index in [1.807, 2.05) is 47.1 Å². The Bertz CT molecular complexity index is 749. The number of aromatic nitrogens is 3. The fourth-order valence-electron chi connectivity index (χ4n) is 2.50. The standard InChI is InChI=1S/C17H21N3OSi/c1-22(2,3)17(21-13-14-9-5-4-6-10-14)20-16-12-8-7-11-15(16)18-19-20/h4-12,17H,13H2,1-3H3. The summed E-state index contributed by atoms with van der Waals surface area (Å²) in [5.41, 5.74) is 3.12. The molecule has 5 heteroatoms. The largest absolute Gasteiger partial charge is 0.355 e. The van der Waals surface area contributed by atoms with Crippen molar-refractivity contribution in [1.29, 1.82) is 0 Å². The van der Waals surface area contributed by atoms with Crippen molar-refractivity contribution in [3.05, 3.63) is 60.2 Å². The first-order valence-electron chi connectivity index (χ1n) is 7.51. The van der Waals surface area contributed by atoms with Crippen LogP contribution in [0.25, 0.3) is 11.0 Å². The topological polar surface area (TPSA) is 39.9 Å². The summed E-state index contributed by atoms with van der Waals surface area (Å²) >= 11 is 0. The smallest absolute Gasteiger partial charge is 0.137 e. The summed E-state index contributed by atoms with van der Waals surface area (Å²) in [6.07, 6.45) is 0. The van der Waals surface area contributed by atoms with Crippen molar-refractivity contribution in [3.8, 4) is 0 Å². The average Bonchev–Trinajstić information content (AvgIpc) is 2.91. The number of rotatable bonds is 5. The molecule has 0 aliphatic carbocycles. The van der Waals surface area contributed by atoms with Crippen molar-refractivity contribution in [2.45, 2.75) is 32.1 Å². The van der Waals surface area contributed by atoms with Crippen LogP contribution in [0.15, 0.2) is 54.6 Å².